The Hall–Kier alpha value is -3.68. The maximum atomic E-state index is 14.5. The molecule has 0 N–H and O–H groups in total. The first-order valence-corrected chi connectivity index (χ1v) is 18.5. The average molecular weight is 798 g/mol. The predicted molar refractivity (Wildman–Crippen MR) is 187 cm³/mol. The molecule has 3 aromatic rings. The lowest BCUT2D eigenvalue weighted by Crippen LogP contribution is -2.59. The molecular weight excluding hydrogens is 754 g/mol. The van der Waals surface area contributed by atoms with Crippen molar-refractivity contribution in [3.63, 3.8) is 0 Å². The highest BCUT2D eigenvalue weighted by molar-refractivity contribution is 9.10. The number of aromatic nitrogens is 2. The van der Waals surface area contributed by atoms with Gasteiger partial charge in [0.1, 0.15) is 0 Å². The van der Waals surface area contributed by atoms with E-state index in [9.17, 15) is 35.9 Å². The largest absolute Gasteiger partial charge is 0.466 e. The fourth-order valence-corrected chi connectivity index (χ4v) is 7.90. The van der Waals surface area contributed by atoms with E-state index in [0.29, 0.717) is 56.0 Å². The number of hydrogen-bond donors (Lipinski definition) is 0. The SMILES string of the molecule is CCOC(=O)CC1CCC(C(=O)N2C(CC)CC(N(Cc3cc(C(F)(F)F)cc(C(F)(F)F)c3)c3ncc(Br)cn3)CC2Cc2ccccc2)CC1. The zero-order chi connectivity index (χ0) is 37.6. The molecule has 1 saturated heterocycles. The lowest BCUT2D eigenvalue weighted by atomic mass is 9.78. The van der Waals surface area contributed by atoms with Gasteiger partial charge in [-0.25, -0.2) is 9.97 Å². The van der Waals surface area contributed by atoms with Crippen LogP contribution in [-0.2, 0) is 39.6 Å². The maximum absolute atomic E-state index is 14.5. The number of likely N-dealkylation sites (tertiary alicyclic amines) is 1. The van der Waals surface area contributed by atoms with Crippen molar-refractivity contribution < 1.29 is 40.7 Å². The molecule has 1 saturated carbocycles. The Kier molecular flexibility index (Phi) is 12.9. The predicted octanol–water partition coefficient (Wildman–Crippen LogP) is 9.42. The second kappa shape index (κ2) is 17.0. The van der Waals surface area contributed by atoms with E-state index < -0.39 is 29.5 Å². The van der Waals surface area contributed by atoms with Crippen LogP contribution in [0.25, 0.3) is 0 Å². The van der Waals surface area contributed by atoms with Gasteiger partial charge in [-0.2, -0.15) is 26.3 Å². The van der Waals surface area contributed by atoms with Gasteiger partial charge in [0.15, 0.2) is 0 Å². The standard InChI is InChI=1S/C38H43BrF6N4O3/c1-3-31-19-32(48(36-46-21-30(39)22-47-36)23-26-14-28(37(40,41)42)18-29(15-26)38(43,44)45)20-33(16-24-8-6-5-7-9-24)49(31)35(51)27-12-10-25(11-13-27)17-34(50)52-4-2/h5-9,14-15,18,21-22,25,27,31-33H,3-4,10-13,16-17,19-20,23H2,1-2H3. The molecule has 1 aliphatic heterocycles. The summed E-state index contributed by atoms with van der Waals surface area (Å²) in [5.41, 5.74) is -1.96. The van der Waals surface area contributed by atoms with E-state index in [4.69, 9.17) is 4.74 Å². The first kappa shape index (κ1) is 39.5. The summed E-state index contributed by atoms with van der Waals surface area (Å²) in [6.07, 6.45) is -2.03. The number of hydrogen-bond acceptors (Lipinski definition) is 6. The van der Waals surface area contributed by atoms with Gasteiger partial charge in [-0.1, -0.05) is 37.3 Å². The van der Waals surface area contributed by atoms with E-state index in [0.717, 1.165) is 30.5 Å². The summed E-state index contributed by atoms with van der Waals surface area (Å²) in [5, 5.41) is 0. The smallest absolute Gasteiger partial charge is 0.416 e. The number of benzene rings is 2. The number of halogens is 7. The maximum Gasteiger partial charge on any atom is 0.416 e. The molecule has 7 nitrogen and oxygen atoms in total. The lowest BCUT2D eigenvalue weighted by Gasteiger charge is -2.49. The Labute approximate surface area is 308 Å². The van der Waals surface area contributed by atoms with Crippen molar-refractivity contribution in [1.29, 1.82) is 0 Å². The number of anilines is 1. The molecule has 52 heavy (non-hydrogen) atoms. The molecule has 2 fully saturated rings. The Balaban J connectivity index is 1.48. The summed E-state index contributed by atoms with van der Waals surface area (Å²) in [7, 11) is 0. The second-order valence-electron chi connectivity index (χ2n) is 13.7. The molecule has 3 atom stereocenters. The molecule has 2 aromatic carbocycles. The number of alkyl halides is 6. The number of rotatable bonds is 11. The minimum absolute atomic E-state index is 0.0416. The van der Waals surface area contributed by atoms with Crippen molar-refractivity contribution in [2.45, 2.75) is 109 Å². The minimum atomic E-state index is -4.99. The van der Waals surface area contributed by atoms with Crippen molar-refractivity contribution in [1.82, 2.24) is 14.9 Å². The summed E-state index contributed by atoms with van der Waals surface area (Å²) >= 11 is 3.31. The summed E-state index contributed by atoms with van der Waals surface area (Å²) in [5.74, 6) is -0.0947. The third-order valence-electron chi connectivity index (χ3n) is 10.2. The van der Waals surface area contributed by atoms with Gasteiger partial charge < -0.3 is 14.5 Å². The summed E-state index contributed by atoms with van der Waals surface area (Å²) < 4.78 is 88.9. The number of carbonyl (C=O) groups excluding carboxylic acids is 2. The van der Waals surface area contributed by atoms with Gasteiger partial charge in [0.05, 0.1) is 22.2 Å². The zero-order valence-electron chi connectivity index (χ0n) is 29.1. The number of carbonyl (C=O) groups is 2. The van der Waals surface area contributed by atoms with E-state index in [1.54, 1.807) is 11.8 Å². The Morgan fingerprint density at radius 2 is 1.46 bits per heavy atom. The number of ether oxygens (including phenoxy) is 1. The third kappa shape index (κ3) is 10.0. The molecule has 3 unspecified atom stereocenters. The van der Waals surface area contributed by atoms with Crippen molar-refractivity contribution in [2.24, 2.45) is 11.8 Å². The van der Waals surface area contributed by atoms with Gasteiger partial charge in [-0.3, -0.25) is 9.59 Å². The van der Waals surface area contributed by atoms with Crippen LogP contribution in [0.4, 0.5) is 32.3 Å². The van der Waals surface area contributed by atoms with E-state index in [-0.39, 0.29) is 59.9 Å². The minimum Gasteiger partial charge on any atom is -0.466 e. The van der Waals surface area contributed by atoms with Crippen LogP contribution in [0.15, 0.2) is 65.4 Å². The molecule has 2 aliphatic rings. The highest BCUT2D eigenvalue weighted by atomic mass is 79.9. The third-order valence-corrected chi connectivity index (χ3v) is 10.6. The van der Waals surface area contributed by atoms with Crippen molar-refractivity contribution in [3.05, 3.63) is 87.7 Å². The molecule has 0 spiro atoms. The molecule has 5 rings (SSSR count). The Bertz CT molecular complexity index is 1620. The van der Waals surface area contributed by atoms with Crippen LogP contribution >= 0.6 is 15.9 Å². The van der Waals surface area contributed by atoms with E-state index in [1.807, 2.05) is 42.2 Å². The van der Waals surface area contributed by atoms with Crippen molar-refractivity contribution >= 4 is 33.8 Å². The molecule has 14 heteroatoms. The van der Waals surface area contributed by atoms with Crippen molar-refractivity contribution in [2.75, 3.05) is 11.5 Å². The Morgan fingerprint density at radius 3 is 2.02 bits per heavy atom. The average Bonchev–Trinajstić information content (AvgIpc) is 3.10. The first-order chi connectivity index (χ1) is 24.7. The topological polar surface area (TPSA) is 75.6 Å². The highest BCUT2D eigenvalue weighted by Gasteiger charge is 2.43. The van der Waals surface area contributed by atoms with Gasteiger partial charge in [0.25, 0.3) is 0 Å². The van der Waals surface area contributed by atoms with Crippen molar-refractivity contribution in [3.8, 4) is 0 Å². The van der Waals surface area contributed by atoms with Crippen LogP contribution < -0.4 is 4.90 Å². The molecule has 282 valence electrons. The molecular formula is C38H43BrF6N4O3. The number of piperidine rings is 1. The fraction of sp³-hybridized carbons (Fsp3) is 0.526. The Morgan fingerprint density at radius 1 is 0.865 bits per heavy atom. The first-order valence-electron chi connectivity index (χ1n) is 17.7. The highest BCUT2D eigenvalue weighted by Crippen LogP contribution is 2.40. The van der Waals surface area contributed by atoms with E-state index in [1.165, 1.54) is 12.4 Å². The quantitative estimate of drug-likeness (QED) is 0.142. The fourth-order valence-electron chi connectivity index (χ4n) is 7.70. The number of esters is 1. The van der Waals surface area contributed by atoms with E-state index in [2.05, 4.69) is 25.9 Å². The van der Waals surface area contributed by atoms with E-state index >= 15 is 0 Å². The van der Waals surface area contributed by atoms with Crippen LogP contribution in [0.1, 0.15) is 87.5 Å². The zero-order valence-corrected chi connectivity index (χ0v) is 30.7. The van der Waals surface area contributed by atoms with Crippen LogP contribution in [0.2, 0.25) is 0 Å². The summed E-state index contributed by atoms with van der Waals surface area (Å²) in [4.78, 5) is 39.1. The van der Waals surface area contributed by atoms with Gasteiger partial charge >= 0.3 is 18.3 Å². The molecule has 1 amide bonds. The van der Waals surface area contributed by atoms with Gasteiger partial charge in [-0.05, 0) is 109 Å². The molecule has 1 aliphatic carbocycles. The summed E-state index contributed by atoms with van der Waals surface area (Å²) in [6, 6.07) is 10.3. The van der Waals surface area contributed by atoms with Gasteiger partial charge in [0, 0.05) is 49.4 Å². The number of nitrogens with zero attached hydrogens (tertiary/aromatic N) is 4. The molecule has 1 aromatic heterocycles. The van der Waals surface area contributed by atoms with Crippen LogP contribution in [-0.4, -0.2) is 51.5 Å². The molecule has 0 radical (unpaired) electrons. The summed E-state index contributed by atoms with van der Waals surface area (Å²) in [6.45, 7) is 3.76. The monoisotopic (exact) mass is 796 g/mol. The lowest BCUT2D eigenvalue weighted by molar-refractivity contribution is -0.146. The van der Waals surface area contributed by atoms with Crippen LogP contribution in [0.5, 0.6) is 0 Å². The van der Waals surface area contributed by atoms with Crippen LogP contribution in [0.3, 0.4) is 0 Å². The normalized spacial score (nSPS) is 22.6. The second-order valence-corrected chi connectivity index (χ2v) is 14.7. The van der Waals surface area contributed by atoms with Gasteiger partial charge in [-0.15, -0.1) is 0 Å². The van der Waals surface area contributed by atoms with Crippen LogP contribution in [0, 0.1) is 11.8 Å². The molecule has 2 heterocycles. The molecule has 0 bridgehead atoms. The van der Waals surface area contributed by atoms with Gasteiger partial charge in [0.2, 0.25) is 11.9 Å². The number of amides is 1.